The first-order valence-corrected chi connectivity index (χ1v) is 7.56. The Bertz CT molecular complexity index is 692. The zero-order valence-corrected chi connectivity index (χ0v) is 13.7. The smallest absolute Gasteiger partial charge is 0.118 e. The van der Waals surface area contributed by atoms with Crippen LogP contribution in [0.15, 0.2) is 54.6 Å². The normalized spacial score (nSPS) is 11.0. The molecule has 0 N–H and O–H groups in total. The quantitative estimate of drug-likeness (QED) is 0.699. The van der Waals surface area contributed by atoms with Crippen LogP contribution in [0.3, 0.4) is 0 Å². The lowest BCUT2D eigenvalue weighted by molar-refractivity contribution is 0.415. The maximum atomic E-state index is 5.19. The van der Waals surface area contributed by atoms with Crippen molar-refractivity contribution in [1.29, 1.82) is 0 Å². The molecule has 0 saturated heterocycles. The second kappa shape index (κ2) is 7.52. The molecular weight excluding hydrogens is 268 g/mol. The van der Waals surface area contributed by atoms with Gasteiger partial charge >= 0.3 is 0 Å². The van der Waals surface area contributed by atoms with Gasteiger partial charge in [-0.25, -0.2) is 0 Å². The molecule has 0 radical (unpaired) electrons. The summed E-state index contributed by atoms with van der Waals surface area (Å²) in [4.78, 5) is 0. The van der Waals surface area contributed by atoms with Crippen LogP contribution >= 0.6 is 0 Å². The Hall–Kier alpha value is -2.46. The first-order valence-electron chi connectivity index (χ1n) is 7.56. The fourth-order valence-electron chi connectivity index (χ4n) is 2.17. The Labute approximate surface area is 133 Å². The Morgan fingerprint density at radius 2 is 1.64 bits per heavy atom. The minimum Gasteiger partial charge on any atom is -0.497 e. The predicted molar refractivity (Wildman–Crippen MR) is 94.1 cm³/mol. The molecule has 2 aromatic rings. The highest BCUT2D eigenvalue weighted by atomic mass is 16.5. The Kier molecular flexibility index (Phi) is 5.44. The minimum atomic E-state index is 0.549. The van der Waals surface area contributed by atoms with Crippen molar-refractivity contribution in [1.82, 2.24) is 0 Å². The van der Waals surface area contributed by atoms with Gasteiger partial charge in [0.1, 0.15) is 5.75 Å². The first kappa shape index (κ1) is 15.9. The van der Waals surface area contributed by atoms with Crippen LogP contribution in [0.5, 0.6) is 5.75 Å². The van der Waals surface area contributed by atoms with Crippen LogP contribution in [0, 0.1) is 11.8 Å². The third-order valence-corrected chi connectivity index (χ3v) is 3.61. The zero-order chi connectivity index (χ0) is 15.9. The first-order chi connectivity index (χ1) is 10.6. The maximum absolute atomic E-state index is 5.19. The summed E-state index contributed by atoms with van der Waals surface area (Å²) in [6.45, 7) is 6.40. The van der Waals surface area contributed by atoms with Crippen LogP contribution in [-0.2, 0) is 0 Å². The van der Waals surface area contributed by atoms with Crippen molar-refractivity contribution in [2.24, 2.45) is 0 Å². The number of hydrogen-bond acceptors (Lipinski definition) is 1. The molecule has 0 aliphatic rings. The van der Waals surface area contributed by atoms with Crippen LogP contribution in [0.25, 0.3) is 5.57 Å². The molecule has 0 aromatic heterocycles. The van der Waals surface area contributed by atoms with E-state index >= 15 is 0 Å². The summed E-state index contributed by atoms with van der Waals surface area (Å²) in [6, 6.07) is 16.5. The maximum Gasteiger partial charge on any atom is 0.118 e. The molecule has 0 saturated carbocycles. The van der Waals surface area contributed by atoms with Gasteiger partial charge < -0.3 is 4.74 Å². The second-order valence-corrected chi connectivity index (χ2v) is 5.46. The molecule has 2 rings (SSSR count). The largest absolute Gasteiger partial charge is 0.497 e. The van der Waals surface area contributed by atoms with Crippen LogP contribution < -0.4 is 4.74 Å². The Morgan fingerprint density at radius 1 is 1.00 bits per heavy atom. The average molecular weight is 290 g/mol. The fourth-order valence-corrected chi connectivity index (χ4v) is 2.17. The van der Waals surface area contributed by atoms with Crippen molar-refractivity contribution >= 4 is 5.57 Å². The minimum absolute atomic E-state index is 0.549. The van der Waals surface area contributed by atoms with Gasteiger partial charge in [-0.05, 0) is 48.2 Å². The summed E-state index contributed by atoms with van der Waals surface area (Å²) >= 11 is 0. The third kappa shape index (κ3) is 4.02. The van der Waals surface area contributed by atoms with Crippen molar-refractivity contribution in [3.8, 4) is 17.6 Å². The monoisotopic (exact) mass is 290 g/mol. The van der Waals surface area contributed by atoms with E-state index in [1.165, 1.54) is 5.56 Å². The summed E-state index contributed by atoms with van der Waals surface area (Å²) in [5.41, 5.74) is 4.51. The van der Waals surface area contributed by atoms with E-state index in [9.17, 15) is 0 Å². The lowest BCUT2D eigenvalue weighted by Crippen LogP contribution is -1.87. The number of ether oxygens (including phenoxy) is 1. The van der Waals surface area contributed by atoms with Crippen molar-refractivity contribution in [2.45, 2.75) is 26.7 Å². The number of allylic oxidation sites excluding steroid dienone is 2. The Balaban J connectivity index is 2.20. The van der Waals surface area contributed by atoms with Gasteiger partial charge in [0.25, 0.3) is 0 Å². The summed E-state index contributed by atoms with van der Waals surface area (Å²) in [5, 5.41) is 0. The van der Waals surface area contributed by atoms with Gasteiger partial charge in [0.05, 0.1) is 7.11 Å². The number of methoxy groups -OCH3 is 1. The van der Waals surface area contributed by atoms with Crippen molar-refractivity contribution in [2.75, 3.05) is 7.11 Å². The van der Waals surface area contributed by atoms with Crippen LogP contribution in [0.4, 0.5) is 0 Å². The molecular formula is C21H22O. The summed E-state index contributed by atoms with van der Waals surface area (Å²) in [7, 11) is 1.67. The standard InChI is InChI=1S/C21H22O/c1-5-18(20-12-14-21(22-4)15-13-20)9-6-17-7-10-19(11-8-17)16(2)3/h5,7-8,10-16H,1-4H3. The van der Waals surface area contributed by atoms with E-state index in [1.54, 1.807) is 7.11 Å². The van der Waals surface area contributed by atoms with Gasteiger partial charge in [0, 0.05) is 11.1 Å². The van der Waals surface area contributed by atoms with Crippen LogP contribution in [0.1, 0.15) is 43.4 Å². The molecule has 0 amide bonds. The fraction of sp³-hybridized carbons (Fsp3) is 0.238. The van der Waals surface area contributed by atoms with E-state index in [1.807, 2.05) is 37.3 Å². The van der Waals surface area contributed by atoms with Gasteiger partial charge in [-0.2, -0.15) is 0 Å². The molecule has 0 bridgehead atoms. The van der Waals surface area contributed by atoms with Crippen LogP contribution in [-0.4, -0.2) is 7.11 Å². The molecule has 22 heavy (non-hydrogen) atoms. The van der Waals surface area contributed by atoms with Gasteiger partial charge in [-0.3, -0.25) is 0 Å². The van der Waals surface area contributed by atoms with Crippen molar-refractivity contribution < 1.29 is 4.74 Å². The SMILES string of the molecule is CC=C(C#Cc1ccc(C(C)C)cc1)c1ccc(OC)cc1. The number of rotatable bonds is 3. The number of hydrogen-bond donors (Lipinski definition) is 0. The lowest BCUT2D eigenvalue weighted by Gasteiger charge is -2.04. The van der Waals surface area contributed by atoms with E-state index in [0.717, 1.165) is 22.4 Å². The predicted octanol–water partition coefficient (Wildman–Crippen LogP) is 5.27. The van der Waals surface area contributed by atoms with E-state index in [4.69, 9.17) is 4.74 Å². The zero-order valence-electron chi connectivity index (χ0n) is 13.7. The van der Waals surface area contributed by atoms with E-state index in [2.05, 4.69) is 50.0 Å². The summed E-state index contributed by atoms with van der Waals surface area (Å²) in [6.07, 6.45) is 2.04. The summed E-state index contributed by atoms with van der Waals surface area (Å²) in [5.74, 6) is 7.90. The average Bonchev–Trinajstić information content (AvgIpc) is 2.56. The third-order valence-electron chi connectivity index (χ3n) is 3.61. The lowest BCUT2D eigenvalue weighted by atomic mass is 10.0. The highest BCUT2D eigenvalue weighted by Crippen LogP contribution is 2.18. The van der Waals surface area contributed by atoms with Gasteiger partial charge in [-0.1, -0.05) is 56.0 Å². The highest BCUT2D eigenvalue weighted by Gasteiger charge is 1.99. The van der Waals surface area contributed by atoms with E-state index in [-0.39, 0.29) is 0 Å². The second-order valence-electron chi connectivity index (χ2n) is 5.46. The summed E-state index contributed by atoms with van der Waals surface area (Å²) < 4.78 is 5.19. The van der Waals surface area contributed by atoms with Crippen molar-refractivity contribution in [3.63, 3.8) is 0 Å². The highest BCUT2D eigenvalue weighted by molar-refractivity contribution is 5.79. The molecule has 112 valence electrons. The Morgan fingerprint density at radius 3 is 2.14 bits per heavy atom. The molecule has 0 heterocycles. The molecule has 1 heteroatoms. The molecule has 0 spiro atoms. The van der Waals surface area contributed by atoms with Crippen LogP contribution in [0.2, 0.25) is 0 Å². The van der Waals surface area contributed by atoms with Gasteiger partial charge in [0.15, 0.2) is 0 Å². The van der Waals surface area contributed by atoms with Crippen molar-refractivity contribution in [3.05, 3.63) is 71.3 Å². The molecule has 0 aliphatic carbocycles. The van der Waals surface area contributed by atoms with Gasteiger partial charge in [0.2, 0.25) is 0 Å². The van der Waals surface area contributed by atoms with E-state index < -0.39 is 0 Å². The molecule has 0 atom stereocenters. The molecule has 0 unspecified atom stereocenters. The molecule has 1 nitrogen and oxygen atoms in total. The molecule has 2 aromatic carbocycles. The van der Waals surface area contributed by atoms with Gasteiger partial charge in [-0.15, -0.1) is 0 Å². The van der Waals surface area contributed by atoms with E-state index in [0.29, 0.717) is 5.92 Å². The molecule has 0 aliphatic heterocycles. The molecule has 0 fully saturated rings. The number of benzene rings is 2. The topological polar surface area (TPSA) is 9.23 Å².